The van der Waals surface area contributed by atoms with Crippen molar-refractivity contribution in [2.24, 2.45) is 0 Å². The highest BCUT2D eigenvalue weighted by molar-refractivity contribution is 7.17. The van der Waals surface area contributed by atoms with Crippen molar-refractivity contribution in [3.05, 3.63) is 83.4 Å². The summed E-state index contributed by atoms with van der Waals surface area (Å²) >= 11 is 1.12. The van der Waals surface area contributed by atoms with Gasteiger partial charge in [0.1, 0.15) is 18.2 Å². The van der Waals surface area contributed by atoms with Gasteiger partial charge in [-0.3, -0.25) is 15.1 Å². The molecule has 0 atom stereocenters. The first-order valence-corrected chi connectivity index (χ1v) is 10.5. The second-order valence-electron chi connectivity index (χ2n) is 6.87. The molecule has 0 aliphatic carbocycles. The number of hydrogen-bond acceptors (Lipinski definition) is 7. The zero-order chi connectivity index (χ0) is 22.5. The first kappa shape index (κ1) is 21.4. The van der Waals surface area contributed by atoms with E-state index in [-0.39, 0.29) is 10.7 Å². The van der Waals surface area contributed by atoms with Crippen LogP contribution in [0.1, 0.15) is 21.5 Å². The topological polar surface area (TPSA) is 86.2 Å². The lowest BCUT2D eigenvalue weighted by atomic mass is 10.0. The highest BCUT2D eigenvalue weighted by Crippen LogP contribution is 2.33. The lowest BCUT2D eigenvalue weighted by molar-refractivity contribution is 0.102. The molecule has 2 heterocycles. The van der Waals surface area contributed by atoms with Crippen LogP contribution in [0.15, 0.2) is 60.9 Å². The number of carbonyl (C=O) groups excluding carboxylic acids is 1. The molecule has 0 radical (unpaired) electrons. The van der Waals surface area contributed by atoms with Crippen LogP contribution in [-0.2, 0) is 6.61 Å². The summed E-state index contributed by atoms with van der Waals surface area (Å²) in [6.45, 7) is 2.37. The number of benzene rings is 2. The van der Waals surface area contributed by atoms with Crippen LogP contribution in [0, 0.1) is 12.7 Å². The molecule has 1 amide bonds. The summed E-state index contributed by atoms with van der Waals surface area (Å²) in [7, 11) is 1.44. The Morgan fingerprint density at radius 1 is 1.09 bits per heavy atom. The highest BCUT2D eigenvalue weighted by Gasteiger charge is 2.18. The molecule has 162 valence electrons. The molecular formula is C23H19FN4O3S. The fourth-order valence-electron chi connectivity index (χ4n) is 3.01. The van der Waals surface area contributed by atoms with Crippen LogP contribution in [-0.4, -0.2) is 28.2 Å². The van der Waals surface area contributed by atoms with Gasteiger partial charge in [0.05, 0.1) is 12.7 Å². The van der Waals surface area contributed by atoms with Crippen molar-refractivity contribution in [2.45, 2.75) is 13.5 Å². The van der Waals surface area contributed by atoms with E-state index >= 15 is 0 Å². The van der Waals surface area contributed by atoms with Crippen molar-refractivity contribution in [2.75, 3.05) is 12.4 Å². The maximum atomic E-state index is 13.6. The van der Waals surface area contributed by atoms with E-state index in [0.717, 1.165) is 16.9 Å². The molecule has 0 saturated heterocycles. The lowest BCUT2D eigenvalue weighted by Crippen LogP contribution is -2.13. The van der Waals surface area contributed by atoms with E-state index in [2.05, 4.69) is 20.5 Å². The molecule has 7 nitrogen and oxygen atoms in total. The van der Waals surface area contributed by atoms with Crippen LogP contribution in [0.4, 0.5) is 9.52 Å². The van der Waals surface area contributed by atoms with Crippen molar-refractivity contribution in [1.29, 1.82) is 0 Å². The quantitative estimate of drug-likeness (QED) is 0.432. The van der Waals surface area contributed by atoms with Gasteiger partial charge in [-0.1, -0.05) is 34.9 Å². The Morgan fingerprint density at radius 2 is 1.91 bits per heavy atom. The predicted octanol–water partition coefficient (Wildman–Crippen LogP) is 4.89. The molecule has 9 heteroatoms. The zero-order valence-electron chi connectivity index (χ0n) is 17.3. The van der Waals surface area contributed by atoms with Gasteiger partial charge in [0, 0.05) is 29.6 Å². The van der Waals surface area contributed by atoms with E-state index < -0.39 is 11.7 Å². The number of methoxy groups -OCH3 is 1. The minimum absolute atomic E-state index is 0.287. The Labute approximate surface area is 187 Å². The number of anilines is 1. The number of nitrogens with one attached hydrogen (secondary N) is 1. The number of halogens is 1. The maximum absolute atomic E-state index is 13.6. The van der Waals surface area contributed by atoms with Crippen molar-refractivity contribution in [3.63, 3.8) is 0 Å². The molecule has 0 aliphatic heterocycles. The summed E-state index contributed by atoms with van der Waals surface area (Å²) in [5.41, 5.74) is 3.58. The molecule has 0 unspecified atom stereocenters. The highest BCUT2D eigenvalue weighted by atomic mass is 32.1. The number of pyridine rings is 1. The summed E-state index contributed by atoms with van der Waals surface area (Å²) in [4.78, 5) is 17.0. The molecule has 2 aromatic carbocycles. The number of amides is 1. The van der Waals surface area contributed by atoms with E-state index in [9.17, 15) is 9.18 Å². The third kappa shape index (κ3) is 4.89. The van der Waals surface area contributed by atoms with E-state index in [1.54, 1.807) is 18.3 Å². The molecule has 2 aromatic heterocycles. The van der Waals surface area contributed by atoms with Crippen molar-refractivity contribution < 1.29 is 18.7 Å². The zero-order valence-corrected chi connectivity index (χ0v) is 18.1. The summed E-state index contributed by atoms with van der Waals surface area (Å²) in [6, 6.07) is 13.8. The van der Waals surface area contributed by atoms with Crippen LogP contribution in [0.25, 0.3) is 11.1 Å². The number of rotatable bonds is 7. The average Bonchev–Trinajstić information content (AvgIpc) is 3.25. The Hall–Kier alpha value is -3.85. The fourth-order valence-corrected chi connectivity index (χ4v) is 3.60. The second kappa shape index (κ2) is 9.52. The van der Waals surface area contributed by atoms with Crippen LogP contribution >= 0.6 is 11.3 Å². The summed E-state index contributed by atoms with van der Waals surface area (Å²) < 4.78 is 24.5. The van der Waals surface area contributed by atoms with Gasteiger partial charge in [-0.05, 0) is 42.0 Å². The molecular weight excluding hydrogens is 431 g/mol. The van der Waals surface area contributed by atoms with Gasteiger partial charge in [-0.2, -0.15) is 0 Å². The van der Waals surface area contributed by atoms with Gasteiger partial charge in [0.15, 0.2) is 0 Å². The summed E-state index contributed by atoms with van der Waals surface area (Å²) in [5, 5.41) is 11.3. The number of nitrogens with zero attached hydrogens (tertiary/aromatic N) is 3. The summed E-state index contributed by atoms with van der Waals surface area (Å²) in [5.74, 6) is -0.550. The number of aryl methyl sites for hydroxylation is 1. The number of ether oxygens (including phenoxy) is 2. The smallest absolute Gasteiger partial charge is 0.296 e. The number of hydrogen-bond donors (Lipinski definition) is 1. The third-order valence-corrected chi connectivity index (χ3v) is 5.38. The maximum Gasteiger partial charge on any atom is 0.296 e. The van der Waals surface area contributed by atoms with Crippen LogP contribution in [0.3, 0.4) is 0 Å². The molecule has 0 bridgehead atoms. The third-order valence-electron chi connectivity index (χ3n) is 4.63. The fraction of sp³-hybridized carbons (Fsp3) is 0.130. The number of carbonyl (C=O) groups is 1. The standard InChI is InChI=1S/C23H19FN4O3S/c1-14-3-5-15(6-4-14)13-31-23-28-27-22(32-23)26-21(29)19-12-25-10-9-17(19)18-8-7-16(24)11-20(18)30-2/h3-12H,13H2,1-2H3,(H,26,27,29). The molecule has 0 fully saturated rings. The van der Waals surface area contributed by atoms with Gasteiger partial charge in [0.2, 0.25) is 5.13 Å². The Kier molecular flexibility index (Phi) is 6.37. The Bertz CT molecular complexity index is 1240. The largest absolute Gasteiger partial charge is 0.496 e. The SMILES string of the molecule is COc1cc(F)ccc1-c1ccncc1C(=O)Nc1nnc(OCc2ccc(C)cc2)s1. The summed E-state index contributed by atoms with van der Waals surface area (Å²) in [6.07, 6.45) is 2.99. The molecule has 0 aliphatic rings. The van der Waals surface area contributed by atoms with Gasteiger partial charge in [-0.25, -0.2) is 4.39 Å². The number of aromatic nitrogens is 3. The normalized spacial score (nSPS) is 10.6. The molecule has 4 aromatic rings. The predicted molar refractivity (Wildman–Crippen MR) is 120 cm³/mol. The molecule has 4 rings (SSSR count). The second-order valence-corrected chi connectivity index (χ2v) is 7.81. The Balaban J connectivity index is 1.49. The minimum Gasteiger partial charge on any atom is -0.496 e. The van der Waals surface area contributed by atoms with E-state index in [1.165, 1.54) is 31.0 Å². The van der Waals surface area contributed by atoms with Gasteiger partial charge in [-0.15, -0.1) is 5.10 Å². The lowest BCUT2D eigenvalue weighted by Gasteiger charge is -2.12. The average molecular weight is 450 g/mol. The molecule has 0 spiro atoms. The van der Waals surface area contributed by atoms with Crippen LogP contribution in [0.2, 0.25) is 0 Å². The van der Waals surface area contributed by atoms with Gasteiger partial charge in [0.25, 0.3) is 11.1 Å². The molecule has 0 saturated carbocycles. The first-order valence-electron chi connectivity index (χ1n) is 9.64. The van der Waals surface area contributed by atoms with Gasteiger partial charge < -0.3 is 9.47 Å². The van der Waals surface area contributed by atoms with Crippen molar-refractivity contribution in [1.82, 2.24) is 15.2 Å². The molecule has 32 heavy (non-hydrogen) atoms. The monoisotopic (exact) mass is 450 g/mol. The van der Waals surface area contributed by atoms with Crippen molar-refractivity contribution in [3.8, 4) is 22.1 Å². The molecule has 1 N–H and O–H groups in total. The first-order chi connectivity index (χ1) is 15.5. The van der Waals surface area contributed by atoms with Crippen molar-refractivity contribution >= 4 is 22.4 Å². The Morgan fingerprint density at radius 3 is 2.69 bits per heavy atom. The minimum atomic E-state index is -0.433. The van der Waals surface area contributed by atoms with Crippen LogP contribution < -0.4 is 14.8 Å². The van der Waals surface area contributed by atoms with E-state index in [1.807, 2.05) is 31.2 Å². The van der Waals surface area contributed by atoms with E-state index in [4.69, 9.17) is 9.47 Å². The van der Waals surface area contributed by atoms with Crippen LogP contribution in [0.5, 0.6) is 10.9 Å². The van der Waals surface area contributed by atoms with E-state index in [0.29, 0.717) is 28.7 Å². The van der Waals surface area contributed by atoms with Gasteiger partial charge >= 0.3 is 0 Å².